The summed E-state index contributed by atoms with van der Waals surface area (Å²) in [5, 5.41) is 8.33. The molecule has 4 amide bonds. The van der Waals surface area contributed by atoms with E-state index in [2.05, 4.69) is 16.0 Å². The van der Waals surface area contributed by atoms with Gasteiger partial charge in [0.1, 0.15) is 6.04 Å². The number of nitrogens with zero attached hydrogens (tertiary/aromatic N) is 1. The Morgan fingerprint density at radius 3 is 2.06 bits per heavy atom. The van der Waals surface area contributed by atoms with Gasteiger partial charge in [-0.15, -0.1) is 0 Å². The number of nitrogens with one attached hydrogen (secondary N) is 3. The first-order valence-corrected chi connectivity index (χ1v) is 10.3. The summed E-state index contributed by atoms with van der Waals surface area (Å²) in [4.78, 5) is 39.2. The molecule has 0 heterocycles. The zero-order valence-corrected chi connectivity index (χ0v) is 19.1. The first kappa shape index (κ1) is 23.9. The monoisotopic (exact) mass is 424 g/mol. The Kier molecular flexibility index (Phi) is 8.19. The van der Waals surface area contributed by atoms with Crippen molar-refractivity contribution in [3.05, 3.63) is 59.2 Å². The van der Waals surface area contributed by atoms with Crippen LogP contribution in [0, 0.1) is 26.7 Å². The Balaban J connectivity index is 2.00. The standard InChI is InChI=1S/C24H32N4O3/c1-15(2)21(27-24(31)25-19-10-8-7-9-11-19)23(30)28(6)14-20(29)26-22-17(4)12-16(3)13-18(22)5/h7-13,15,21H,14H2,1-6H3,(H,26,29)(H2,25,27,31). The van der Waals surface area contributed by atoms with Crippen molar-refractivity contribution in [1.29, 1.82) is 0 Å². The van der Waals surface area contributed by atoms with Crippen LogP contribution in [0.25, 0.3) is 0 Å². The van der Waals surface area contributed by atoms with Crippen LogP contribution in [0.15, 0.2) is 42.5 Å². The molecule has 0 radical (unpaired) electrons. The van der Waals surface area contributed by atoms with Gasteiger partial charge in [-0.1, -0.05) is 49.7 Å². The maximum absolute atomic E-state index is 12.9. The molecule has 3 N–H and O–H groups in total. The molecule has 1 atom stereocenters. The van der Waals surface area contributed by atoms with E-state index in [0.717, 1.165) is 22.4 Å². The van der Waals surface area contributed by atoms with Gasteiger partial charge in [-0.05, 0) is 49.9 Å². The van der Waals surface area contributed by atoms with E-state index < -0.39 is 12.1 Å². The van der Waals surface area contributed by atoms with Crippen LogP contribution < -0.4 is 16.0 Å². The third kappa shape index (κ3) is 6.84. The number of hydrogen-bond acceptors (Lipinski definition) is 3. The van der Waals surface area contributed by atoms with Gasteiger partial charge in [0.25, 0.3) is 0 Å². The highest BCUT2D eigenvalue weighted by atomic mass is 16.2. The van der Waals surface area contributed by atoms with Crippen molar-refractivity contribution in [2.45, 2.75) is 40.7 Å². The average Bonchev–Trinajstić information content (AvgIpc) is 2.68. The predicted octanol–water partition coefficient (Wildman–Crippen LogP) is 3.86. The predicted molar refractivity (Wildman–Crippen MR) is 124 cm³/mol. The average molecular weight is 425 g/mol. The first-order valence-electron chi connectivity index (χ1n) is 10.3. The number of para-hydroxylation sites is 1. The van der Waals surface area contributed by atoms with Gasteiger partial charge in [-0.3, -0.25) is 9.59 Å². The van der Waals surface area contributed by atoms with Crippen LogP contribution in [0.3, 0.4) is 0 Å². The molecular weight excluding hydrogens is 392 g/mol. The summed E-state index contributed by atoms with van der Waals surface area (Å²) in [5.74, 6) is -0.769. The number of aryl methyl sites for hydroxylation is 3. The zero-order chi connectivity index (χ0) is 23.1. The van der Waals surface area contributed by atoms with Gasteiger partial charge in [0, 0.05) is 18.4 Å². The minimum Gasteiger partial charge on any atom is -0.335 e. The molecule has 7 nitrogen and oxygen atoms in total. The van der Waals surface area contributed by atoms with Crippen molar-refractivity contribution in [3.8, 4) is 0 Å². The summed E-state index contributed by atoms with van der Waals surface area (Å²) in [6.07, 6.45) is 0. The van der Waals surface area contributed by atoms with Gasteiger partial charge in [0.2, 0.25) is 11.8 Å². The summed E-state index contributed by atoms with van der Waals surface area (Å²) in [7, 11) is 1.56. The fraction of sp³-hybridized carbons (Fsp3) is 0.375. The molecule has 2 rings (SSSR count). The van der Waals surface area contributed by atoms with Crippen LogP contribution in [-0.4, -0.2) is 42.4 Å². The second kappa shape index (κ2) is 10.6. The summed E-state index contributed by atoms with van der Waals surface area (Å²) < 4.78 is 0. The lowest BCUT2D eigenvalue weighted by Gasteiger charge is -2.27. The highest BCUT2D eigenvalue weighted by Gasteiger charge is 2.28. The van der Waals surface area contributed by atoms with E-state index in [4.69, 9.17) is 0 Å². The summed E-state index contributed by atoms with van der Waals surface area (Å²) in [6, 6.07) is 11.8. The van der Waals surface area contributed by atoms with Gasteiger partial charge in [-0.2, -0.15) is 0 Å². The molecular formula is C24H32N4O3. The van der Waals surface area contributed by atoms with Crippen molar-refractivity contribution < 1.29 is 14.4 Å². The van der Waals surface area contributed by atoms with Crippen LogP contribution in [0.4, 0.5) is 16.2 Å². The second-order valence-electron chi connectivity index (χ2n) is 8.20. The lowest BCUT2D eigenvalue weighted by molar-refractivity contribution is -0.135. The molecule has 0 saturated carbocycles. The van der Waals surface area contributed by atoms with E-state index in [0.29, 0.717) is 5.69 Å². The Hall–Kier alpha value is -3.35. The maximum atomic E-state index is 12.9. The smallest absolute Gasteiger partial charge is 0.319 e. The third-order valence-electron chi connectivity index (χ3n) is 4.95. The van der Waals surface area contributed by atoms with Crippen LogP contribution in [0.1, 0.15) is 30.5 Å². The van der Waals surface area contributed by atoms with Crippen molar-refractivity contribution in [2.24, 2.45) is 5.92 Å². The zero-order valence-electron chi connectivity index (χ0n) is 19.1. The van der Waals surface area contributed by atoms with Crippen LogP contribution >= 0.6 is 0 Å². The highest BCUT2D eigenvalue weighted by molar-refractivity contribution is 5.98. The molecule has 0 aliphatic rings. The van der Waals surface area contributed by atoms with E-state index in [1.54, 1.807) is 19.2 Å². The van der Waals surface area contributed by atoms with Crippen molar-refractivity contribution in [2.75, 3.05) is 24.2 Å². The number of hydrogen-bond donors (Lipinski definition) is 3. The number of carbonyl (C=O) groups excluding carboxylic acids is 3. The maximum Gasteiger partial charge on any atom is 0.319 e. The first-order chi connectivity index (χ1) is 14.6. The largest absolute Gasteiger partial charge is 0.335 e. The number of amides is 4. The number of rotatable bonds is 7. The van der Waals surface area contributed by atoms with Gasteiger partial charge >= 0.3 is 6.03 Å². The molecule has 0 fully saturated rings. The van der Waals surface area contributed by atoms with Gasteiger partial charge < -0.3 is 20.9 Å². The summed E-state index contributed by atoms with van der Waals surface area (Å²) in [5.41, 5.74) is 4.46. The molecule has 0 bridgehead atoms. The van der Waals surface area contributed by atoms with Crippen molar-refractivity contribution in [3.63, 3.8) is 0 Å². The second-order valence-corrected chi connectivity index (χ2v) is 8.20. The van der Waals surface area contributed by atoms with Gasteiger partial charge in [-0.25, -0.2) is 4.79 Å². The summed E-state index contributed by atoms with van der Waals surface area (Å²) in [6.45, 7) is 9.46. The number of urea groups is 1. The quantitative estimate of drug-likeness (QED) is 0.630. The number of benzene rings is 2. The highest BCUT2D eigenvalue weighted by Crippen LogP contribution is 2.21. The molecule has 0 aliphatic heterocycles. The van der Waals surface area contributed by atoms with E-state index in [1.807, 2.05) is 65.0 Å². The molecule has 7 heteroatoms. The SMILES string of the molecule is Cc1cc(C)c(NC(=O)CN(C)C(=O)C(NC(=O)Nc2ccccc2)C(C)C)c(C)c1. The molecule has 0 aliphatic carbocycles. The minimum absolute atomic E-state index is 0.114. The molecule has 1 unspecified atom stereocenters. The van der Waals surface area contributed by atoms with Crippen LogP contribution in [0.2, 0.25) is 0 Å². The number of likely N-dealkylation sites (N-methyl/N-ethyl adjacent to an activating group) is 1. The molecule has 2 aromatic carbocycles. The molecule has 2 aromatic rings. The molecule has 166 valence electrons. The van der Waals surface area contributed by atoms with Crippen molar-refractivity contribution >= 4 is 29.2 Å². The van der Waals surface area contributed by atoms with E-state index in [1.165, 1.54) is 4.90 Å². The Morgan fingerprint density at radius 2 is 1.52 bits per heavy atom. The number of anilines is 2. The van der Waals surface area contributed by atoms with Crippen LogP contribution in [-0.2, 0) is 9.59 Å². The van der Waals surface area contributed by atoms with Gasteiger partial charge in [0.05, 0.1) is 6.54 Å². The van der Waals surface area contributed by atoms with Crippen LogP contribution in [0.5, 0.6) is 0 Å². The third-order valence-corrected chi connectivity index (χ3v) is 4.95. The van der Waals surface area contributed by atoms with E-state index in [9.17, 15) is 14.4 Å². The topological polar surface area (TPSA) is 90.5 Å². The Morgan fingerprint density at radius 1 is 0.935 bits per heavy atom. The normalized spacial score (nSPS) is 11.6. The lowest BCUT2D eigenvalue weighted by Crippen LogP contribution is -2.52. The minimum atomic E-state index is -0.760. The molecule has 31 heavy (non-hydrogen) atoms. The molecule has 0 saturated heterocycles. The van der Waals surface area contributed by atoms with E-state index in [-0.39, 0.29) is 24.3 Å². The van der Waals surface area contributed by atoms with Gasteiger partial charge in [0.15, 0.2) is 0 Å². The fourth-order valence-electron chi connectivity index (χ4n) is 3.43. The fourth-order valence-corrected chi connectivity index (χ4v) is 3.43. The molecule has 0 spiro atoms. The Labute approximate surface area is 184 Å². The lowest BCUT2D eigenvalue weighted by atomic mass is 10.0. The Bertz CT molecular complexity index is 918. The summed E-state index contributed by atoms with van der Waals surface area (Å²) >= 11 is 0. The number of carbonyl (C=O) groups is 3. The van der Waals surface area contributed by atoms with E-state index >= 15 is 0 Å². The molecule has 0 aromatic heterocycles. The van der Waals surface area contributed by atoms with Crippen molar-refractivity contribution in [1.82, 2.24) is 10.2 Å².